The third-order valence-electron chi connectivity index (χ3n) is 3.97. The highest BCUT2D eigenvalue weighted by molar-refractivity contribution is 7.89. The summed E-state index contributed by atoms with van der Waals surface area (Å²) in [5.74, 6) is 0.559. The molecule has 0 saturated carbocycles. The van der Waals surface area contributed by atoms with Crippen molar-refractivity contribution in [2.45, 2.75) is 17.7 Å². The van der Waals surface area contributed by atoms with Crippen molar-refractivity contribution in [1.82, 2.24) is 4.72 Å². The molecule has 0 radical (unpaired) electrons. The van der Waals surface area contributed by atoms with E-state index < -0.39 is 10.0 Å². The van der Waals surface area contributed by atoms with Gasteiger partial charge in [0, 0.05) is 31.1 Å². The molecule has 9 heteroatoms. The summed E-state index contributed by atoms with van der Waals surface area (Å²) in [5.41, 5.74) is 1.02. The standard InChI is InChI=1S/C19H19N3O5S/c20-13-14-2-4-15(5-3-14)22-19(23)8-9-21-28(24,25)16-6-7-17-18(12-16)27-11-1-10-26-17/h2-7,12,21H,1,8-11H2,(H,22,23). The van der Waals surface area contributed by atoms with Crippen LogP contribution in [0.15, 0.2) is 47.4 Å². The molecule has 0 aromatic heterocycles. The van der Waals surface area contributed by atoms with Crippen LogP contribution in [0.5, 0.6) is 11.5 Å². The predicted octanol–water partition coefficient (Wildman–Crippen LogP) is 2.03. The normalized spacial score (nSPS) is 13.2. The summed E-state index contributed by atoms with van der Waals surface area (Å²) in [6.07, 6.45) is 0.688. The Hall–Kier alpha value is -3.09. The Morgan fingerprint density at radius 2 is 1.79 bits per heavy atom. The molecule has 2 N–H and O–H groups in total. The average Bonchev–Trinajstić information content (AvgIpc) is 2.93. The van der Waals surface area contributed by atoms with Crippen LogP contribution in [0.1, 0.15) is 18.4 Å². The largest absolute Gasteiger partial charge is 0.490 e. The zero-order chi connectivity index (χ0) is 20.0. The Bertz CT molecular complexity index is 997. The van der Waals surface area contributed by atoms with Crippen molar-refractivity contribution < 1.29 is 22.7 Å². The molecule has 1 aliphatic heterocycles. The van der Waals surface area contributed by atoms with Gasteiger partial charge in [0.05, 0.1) is 29.7 Å². The number of carbonyl (C=O) groups excluding carboxylic acids is 1. The molecule has 1 heterocycles. The Morgan fingerprint density at radius 3 is 2.50 bits per heavy atom. The molecule has 0 atom stereocenters. The van der Waals surface area contributed by atoms with Crippen molar-refractivity contribution in [1.29, 1.82) is 5.26 Å². The van der Waals surface area contributed by atoms with Crippen LogP contribution < -0.4 is 19.5 Å². The molecule has 8 nitrogen and oxygen atoms in total. The van der Waals surface area contributed by atoms with Gasteiger partial charge in [-0.2, -0.15) is 5.26 Å². The van der Waals surface area contributed by atoms with Crippen molar-refractivity contribution in [3.63, 3.8) is 0 Å². The highest BCUT2D eigenvalue weighted by Crippen LogP contribution is 2.31. The van der Waals surface area contributed by atoms with Crippen molar-refractivity contribution in [2.24, 2.45) is 0 Å². The van der Waals surface area contributed by atoms with Crippen molar-refractivity contribution >= 4 is 21.6 Å². The van der Waals surface area contributed by atoms with Gasteiger partial charge in [-0.05, 0) is 36.4 Å². The second kappa shape index (κ2) is 8.73. The van der Waals surface area contributed by atoms with Crippen LogP contribution in [-0.2, 0) is 14.8 Å². The molecule has 28 heavy (non-hydrogen) atoms. The van der Waals surface area contributed by atoms with E-state index in [0.29, 0.717) is 36.0 Å². The number of hydrogen-bond acceptors (Lipinski definition) is 6. The molecular weight excluding hydrogens is 382 g/mol. The van der Waals surface area contributed by atoms with Crippen LogP contribution in [0.2, 0.25) is 0 Å². The molecule has 2 aromatic carbocycles. The Labute approximate surface area is 163 Å². The van der Waals surface area contributed by atoms with Gasteiger partial charge in [0.25, 0.3) is 0 Å². The number of nitrogens with zero attached hydrogens (tertiary/aromatic N) is 1. The molecule has 0 aliphatic carbocycles. The molecule has 0 bridgehead atoms. The van der Waals surface area contributed by atoms with Gasteiger partial charge in [0.1, 0.15) is 0 Å². The fourth-order valence-electron chi connectivity index (χ4n) is 2.54. The first-order chi connectivity index (χ1) is 13.5. The highest BCUT2D eigenvalue weighted by Gasteiger charge is 2.19. The first-order valence-electron chi connectivity index (χ1n) is 8.67. The van der Waals surface area contributed by atoms with Crippen LogP contribution in [0.25, 0.3) is 0 Å². The maximum absolute atomic E-state index is 12.4. The van der Waals surface area contributed by atoms with Gasteiger partial charge in [-0.3, -0.25) is 4.79 Å². The lowest BCUT2D eigenvalue weighted by atomic mass is 10.2. The monoisotopic (exact) mass is 401 g/mol. The lowest BCUT2D eigenvalue weighted by molar-refractivity contribution is -0.116. The number of hydrogen-bond donors (Lipinski definition) is 2. The van der Waals surface area contributed by atoms with Gasteiger partial charge in [-0.25, -0.2) is 13.1 Å². The average molecular weight is 401 g/mol. The predicted molar refractivity (Wildman–Crippen MR) is 102 cm³/mol. The smallest absolute Gasteiger partial charge is 0.240 e. The number of ether oxygens (including phenoxy) is 2. The van der Waals surface area contributed by atoms with E-state index in [1.165, 1.54) is 12.1 Å². The summed E-state index contributed by atoms with van der Waals surface area (Å²) < 4.78 is 38.3. The number of benzene rings is 2. The molecule has 2 aromatic rings. The molecule has 3 rings (SSSR count). The van der Waals surface area contributed by atoms with Crippen molar-refractivity contribution in [3.05, 3.63) is 48.0 Å². The van der Waals surface area contributed by atoms with E-state index in [-0.39, 0.29) is 23.8 Å². The fraction of sp³-hybridized carbons (Fsp3) is 0.263. The summed E-state index contributed by atoms with van der Waals surface area (Å²) >= 11 is 0. The molecule has 1 aliphatic rings. The molecule has 0 fully saturated rings. The van der Waals surface area contributed by atoms with Crippen LogP contribution in [0.4, 0.5) is 5.69 Å². The molecular formula is C19H19N3O5S. The van der Waals surface area contributed by atoms with E-state index >= 15 is 0 Å². The number of anilines is 1. The summed E-state index contributed by atoms with van der Waals surface area (Å²) in [7, 11) is -3.78. The number of amides is 1. The number of nitrogens with one attached hydrogen (secondary N) is 2. The van der Waals surface area contributed by atoms with Gasteiger partial charge in [-0.1, -0.05) is 0 Å². The van der Waals surface area contributed by atoms with Crippen molar-refractivity contribution in [2.75, 3.05) is 25.1 Å². The van der Waals surface area contributed by atoms with E-state index in [9.17, 15) is 13.2 Å². The zero-order valence-electron chi connectivity index (χ0n) is 15.0. The lowest BCUT2D eigenvalue weighted by Gasteiger charge is -2.11. The molecule has 0 unspecified atom stereocenters. The maximum Gasteiger partial charge on any atom is 0.240 e. The fourth-order valence-corrected chi connectivity index (χ4v) is 3.59. The lowest BCUT2D eigenvalue weighted by Crippen LogP contribution is -2.27. The van der Waals surface area contributed by atoms with Crippen LogP contribution in [0.3, 0.4) is 0 Å². The van der Waals surface area contributed by atoms with E-state index in [1.807, 2.05) is 6.07 Å². The summed E-state index contributed by atoms with van der Waals surface area (Å²) in [6, 6.07) is 12.8. The number of rotatable bonds is 6. The van der Waals surface area contributed by atoms with Crippen molar-refractivity contribution in [3.8, 4) is 17.6 Å². The van der Waals surface area contributed by atoms with Crippen LogP contribution in [-0.4, -0.2) is 34.1 Å². The molecule has 1 amide bonds. The SMILES string of the molecule is N#Cc1ccc(NC(=O)CCNS(=O)(=O)c2ccc3c(c2)OCCCO3)cc1. The number of nitriles is 1. The van der Waals surface area contributed by atoms with Crippen LogP contribution in [0, 0.1) is 11.3 Å². The van der Waals surface area contributed by atoms with E-state index in [1.54, 1.807) is 30.3 Å². The number of fused-ring (bicyclic) bond motifs is 1. The van der Waals surface area contributed by atoms with Gasteiger partial charge in [0.2, 0.25) is 15.9 Å². The molecule has 0 spiro atoms. The number of carbonyl (C=O) groups is 1. The Kier molecular flexibility index (Phi) is 6.13. The summed E-state index contributed by atoms with van der Waals surface area (Å²) in [5, 5.41) is 11.4. The Balaban J connectivity index is 1.55. The topological polar surface area (TPSA) is 118 Å². The van der Waals surface area contributed by atoms with E-state index in [2.05, 4.69) is 10.0 Å². The quantitative estimate of drug-likeness (QED) is 0.765. The minimum absolute atomic E-state index is 0.0379. The summed E-state index contributed by atoms with van der Waals surface area (Å²) in [6.45, 7) is 0.921. The second-order valence-electron chi connectivity index (χ2n) is 6.04. The summed E-state index contributed by atoms with van der Waals surface area (Å²) in [4.78, 5) is 12.0. The van der Waals surface area contributed by atoms with Gasteiger partial charge < -0.3 is 14.8 Å². The number of sulfonamides is 1. The van der Waals surface area contributed by atoms with Gasteiger partial charge in [0.15, 0.2) is 11.5 Å². The first-order valence-corrected chi connectivity index (χ1v) is 10.2. The third kappa shape index (κ3) is 5.00. The zero-order valence-corrected chi connectivity index (χ0v) is 15.8. The third-order valence-corrected chi connectivity index (χ3v) is 5.43. The van der Waals surface area contributed by atoms with Crippen LogP contribution >= 0.6 is 0 Å². The first kappa shape index (κ1) is 19.7. The second-order valence-corrected chi connectivity index (χ2v) is 7.81. The van der Waals surface area contributed by atoms with E-state index in [0.717, 1.165) is 6.42 Å². The highest BCUT2D eigenvalue weighted by atomic mass is 32.2. The van der Waals surface area contributed by atoms with Gasteiger partial charge in [-0.15, -0.1) is 0 Å². The minimum atomic E-state index is -3.78. The maximum atomic E-state index is 12.4. The van der Waals surface area contributed by atoms with E-state index in [4.69, 9.17) is 14.7 Å². The molecule has 0 saturated heterocycles. The minimum Gasteiger partial charge on any atom is -0.490 e. The Morgan fingerprint density at radius 1 is 1.07 bits per heavy atom. The van der Waals surface area contributed by atoms with Gasteiger partial charge >= 0.3 is 0 Å². The molecule has 146 valence electrons.